The lowest BCUT2D eigenvalue weighted by Gasteiger charge is -2.29. The van der Waals surface area contributed by atoms with Gasteiger partial charge < -0.3 is 28.3 Å². The predicted octanol–water partition coefficient (Wildman–Crippen LogP) is 7.52. The number of likely N-dealkylation sites (tertiary alicyclic amines) is 1. The summed E-state index contributed by atoms with van der Waals surface area (Å²) in [4.78, 5) is 11.2. The first-order chi connectivity index (χ1) is 26.2. The number of benzene rings is 4. The molecule has 274 valence electrons. The van der Waals surface area contributed by atoms with Crippen LogP contribution in [0.5, 0.6) is 5.88 Å². The average molecular weight is 717 g/mol. The monoisotopic (exact) mass is 716 g/mol. The van der Waals surface area contributed by atoms with Crippen molar-refractivity contribution in [2.24, 2.45) is 0 Å². The number of hydrogen-bond donors (Lipinski definition) is 0. The maximum absolute atomic E-state index is 15.6. The van der Waals surface area contributed by atoms with Gasteiger partial charge in [-0.15, -0.1) is 0 Å². The summed E-state index contributed by atoms with van der Waals surface area (Å²) in [6.45, 7) is 1.77. The third-order valence-corrected chi connectivity index (χ3v) is 9.64. The second-order valence-corrected chi connectivity index (χ2v) is 13.2. The molecule has 0 radical (unpaired) electrons. The van der Waals surface area contributed by atoms with Gasteiger partial charge in [-0.05, 0) is 22.3 Å². The molecule has 1 saturated heterocycles. The lowest BCUT2D eigenvalue weighted by Crippen LogP contribution is -2.42. The highest BCUT2D eigenvalue weighted by molar-refractivity contribution is 5.83. The van der Waals surface area contributed by atoms with Gasteiger partial charge in [-0.2, -0.15) is 4.98 Å². The van der Waals surface area contributed by atoms with Crippen LogP contribution >= 0.6 is 0 Å². The summed E-state index contributed by atoms with van der Waals surface area (Å²) in [6.07, 6.45) is 2.42. The minimum atomic E-state index is -0.642. The fraction of sp³-hybridized carbons (Fsp3) is 0.302. The molecule has 4 aromatic carbocycles. The van der Waals surface area contributed by atoms with E-state index >= 15 is 4.39 Å². The summed E-state index contributed by atoms with van der Waals surface area (Å²) in [5.74, 6) is 0.434. The van der Waals surface area contributed by atoms with Gasteiger partial charge in [0.2, 0.25) is 5.88 Å². The molecule has 10 heteroatoms. The Morgan fingerprint density at radius 2 is 1.13 bits per heavy atom. The lowest BCUT2D eigenvalue weighted by molar-refractivity contribution is -0.0874. The smallest absolute Gasteiger partial charge is 0.241 e. The van der Waals surface area contributed by atoms with Crippen LogP contribution in [0.1, 0.15) is 27.8 Å². The second-order valence-electron chi connectivity index (χ2n) is 13.2. The summed E-state index contributed by atoms with van der Waals surface area (Å²) in [6, 6.07) is 39.1. The fourth-order valence-corrected chi connectivity index (χ4v) is 7.05. The number of methoxy groups -OCH3 is 1. The Balaban J connectivity index is 1.21. The van der Waals surface area contributed by atoms with Gasteiger partial charge in [-0.1, -0.05) is 121 Å². The number of aromatic nitrogens is 3. The maximum Gasteiger partial charge on any atom is 0.241 e. The largest absolute Gasteiger partial charge is 0.479 e. The molecule has 1 fully saturated rings. The molecule has 3 heterocycles. The SMILES string of the molecule is COc1ncnc2c(CN3[C@@H](CF)[C@@H](OCc4ccccc4)[C@H](OCc4ccccc4)[C@@H]3COCc3ccccc3)cn(COCc3ccccc3)c12. The Hall–Kier alpha value is -4.97. The summed E-state index contributed by atoms with van der Waals surface area (Å²) >= 11 is 0. The Labute approximate surface area is 309 Å². The van der Waals surface area contributed by atoms with Crippen molar-refractivity contribution in [2.45, 2.75) is 64.0 Å². The van der Waals surface area contributed by atoms with Gasteiger partial charge in [0, 0.05) is 18.3 Å². The van der Waals surface area contributed by atoms with Crippen LogP contribution < -0.4 is 4.74 Å². The van der Waals surface area contributed by atoms with Crippen molar-refractivity contribution in [2.75, 3.05) is 20.4 Å². The molecule has 2 aromatic heterocycles. The number of rotatable bonds is 18. The standard InChI is InChI=1S/C43H45FN4O5/c1-49-43-40-39(45-30-46-43)36(23-47(40)31-51-26-33-16-8-3-9-17-33)24-48-37(22-44)41(52-27-34-18-10-4-11-19-34)42(53-28-35-20-12-5-13-21-35)38(48)29-50-25-32-14-6-2-7-15-32/h2-21,23,30,37-38,41-42H,22,24-29,31H2,1H3/t37-,38-,41+,42+/m0/s1. The van der Waals surface area contributed by atoms with Gasteiger partial charge in [0.1, 0.15) is 43.0 Å². The highest BCUT2D eigenvalue weighted by Crippen LogP contribution is 2.36. The number of hydrogen-bond acceptors (Lipinski definition) is 8. The molecule has 1 aliphatic heterocycles. The van der Waals surface area contributed by atoms with Crippen LogP contribution in [0, 0.1) is 0 Å². The van der Waals surface area contributed by atoms with Crippen molar-refractivity contribution in [1.29, 1.82) is 0 Å². The zero-order valence-electron chi connectivity index (χ0n) is 29.9. The Kier molecular flexibility index (Phi) is 12.5. The van der Waals surface area contributed by atoms with Crippen LogP contribution in [0.15, 0.2) is 134 Å². The van der Waals surface area contributed by atoms with Crippen molar-refractivity contribution >= 4 is 11.0 Å². The van der Waals surface area contributed by atoms with Crippen LogP contribution in [-0.2, 0) is 58.7 Å². The van der Waals surface area contributed by atoms with Crippen molar-refractivity contribution < 1.29 is 28.1 Å². The summed E-state index contributed by atoms with van der Waals surface area (Å²) in [7, 11) is 1.59. The second kappa shape index (κ2) is 18.2. The van der Waals surface area contributed by atoms with Gasteiger partial charge in [-0.25, -0.2) is 9.37 Å². The topological polar surface area (TPSA) is 80.1 Å². The molecular formula is C43H45FN4O5. The zero-order valence-corrected chi connectivity index (χ0v) is 29.9. The van der Waals surface area contributed by atoms with E-state index in [1.807, 2.05) is 132 Å². The molecule has 7 rings (SSSR count). The van der Waals surface area contributed by atoms with E-state index in [0.717, 1.165) is 27.8 Å². The molecule has 0 bridgehead atoms. The molecule has 0 N–H and O–H groups in total. The van der Waals surface area contributed by atoms with E-state index < -0.39 is 24.9 Å². The molecule has 53 heavy (non-hydrogen) atoms. The van der Waals surface area contributed by atoms with E-state index in [0.29, 0.717) is 56.5 Å². The van der Waals surface area contributed by atoms with Gasteiger partial charge >= 0.3 is 0 Å². The van der Waals surface area contributed by atoms with Gasteiger partial charge in [0.25, 0.3) is 0 Å². The van der Waals surface area contributed by atoms with E-state index in [1.165, 1.54) is 6.33 Å². The average Bonchev–Trinajstić information content (AvgIpc) is 3.71. The molecule has 4 atom stereocenters. The highest BCUT2D eigenvalue weighted by atomic mass is 19.1. The van der Waals surface area contributed by atoms with E-state index in [-0.39, 0.29) is 12.8 Å². The molecular weight excluding hydrogens is 671 g/mol. The Morgan fingerprint density at radius 1 is 0.623 bits per heavy atom. The number of halogens is 1. The Morgan fingerprint density at radius 3 is 1.66 bits per heavy atom. The molecule has 0 saturated carbocycles. The van der Waals surface area contributed by atoms with Crippen molar-refractivity contribution in [3.05, 3.63) is 162 Å². The number of fused-ring (bicyclic) bond motifs is 1. The number of nitrogens with zero attached hydrogens (tertiary/aromatic N) is 4. The minimum absolute atomic E-state index is 0.247. The summed E-state index contributed by atoms with van der Waals surface area (Å²) in [5, 5.41) is 0. The first-order valence-electron chi connectivity index (χ1n) is 17.9. The molecule has 0 aliphatic carbocycles. The summed E-state index contributed by atoms with van der Waals surface area (Å²) in [5.41, 5.74) is 6.44. The van der Waals surface area contributed by atoms with Gasteiger partial charge in [-0.3, -0.25) is 4.90 Å². The zero-order chi connectivity index (χ0) is 36.2. The highest BCUT2D eigenvalue weighted by Gasteiger charge is 2.51. The summed E-state index contributed by atoms with van der Waals surface area (Å²) < 4.78 is 49.2. The van der Waals surface area contributed by atoms with E-state index in [9.17, 15) is 0 Å². The Bertz CT molecular complexity index is 1980. The molecule has 6 aromatic rings. The number of alkyl halides is 1. The molecule has 9 nitrogen and oxygen atoms in total. The lowest BCUT2D eigenvalue weighted by atomic mass is 10.1. The van der Waals surface area contributed by atoms with E-state index in [1.54, 1.807) is 7.11 Å². The van der Waals surface area contributed by atoms with E-state index in [2.05, 4.69) is 9.88 Å². The quantitative estimate of drug-likeness (QED) is 0.0904. The van der Waals surface area contributed by atoms with Crippen LogP contribution in [0.4, 0.5) is 4.39 Å². The van der Waals surface area contributed by atoms with Crippen molar-refractivity contribution in [3.8, 4) is 5.88 Å². The van der Waals surface area contributed by atoms with Gasteiger partial charge in [0.05, 0.1) is 52.2 Å². The first kappa shape index (κ1) is 36.4. The van der Waals surface area contributed by atoms with E-state index in [4.69, 9.17) is 28.7 Å². The van der Waals surface area contributed by atoms with Crippen molar-refractivity contribution in [3.63, 3.8) is 0 Å². The normalized spacial score (nSPS) is 18.8. The number of ether oxygens (including phenoxy) is 5. The van der Waals surface area contributed by atoms with Crippen LogP contribution in [0.2, 0.25) is 0 Å². The molecule has 0 amide bonds. The predicted molar refractivity (Wildman–Crippen MR) is 201 cm³/mol. The fourth-order valence-electron chi connectivity index (χ4n) is 7.05. The third-order valence-electron chi connectivity index (χ3n) is 9.64. The molecule has 1 aliphatic rings. The maximum atomic E-state index is 15.6. The third kappa shape index (κ3) is 8.98. The van der Waals surface area contributed by atoms with Crippen molar-refractivity contribution in [1.82, 2.24) is 19.4 Å². The molecule has 0 unspecified atom stereocenters. The van der Waals surface area contributed by atoms with Crippen LogP contribution in [-0.4, -0.2) is 64.1 Å². The van der Waals surface area contributed by atoms with Gasteiger partial charge in [0.15, 0.2) is 0 Å². The minimum Gasteiger partial charge on any atom is -0.479 e. The first-order valence-corrected chi connectivity index (χ1v) is 17.9. The molecule has 0 spiro atoms. The van der Waals surface area contributed by atoms with Crippen LogP contribution in [0.3, 0.4) is 0 Å². The van der Waals surface area contributed by atoms with Crippen LogP contribution in [0.25, 0.3) is 11.0 Å².